The lowest BCUT2D eigenvalue weighted by atomic mass is 9.98. The zero-order valence-corrected chi connectivity index (χ0v) is 14.8. The summed E-state index contributed by atoms with van der Waals surface area (Å²) in [7, 11) is 0. The molecule has 0 N–H and O–H groups in total. The Morgan fingerprint density at radius 1 is 1.30 bits per heavy atom. The Bertz CT molecular complexity index is 507. The first-order valence-electron chi connectivity index (χ1n) is 8.64. The second-order valence-corrected chi connectivity index (χ2v) is 7.19. The fraction of sp³-hybridized carbons (Fsp3) is 0.824. The summed E-state index contributed by atoms with van der Waals surface area (Å²) in [4.78, 5) is 14.3. The molecule has 2 rings (SSSR count). The number of esters is 1. The average Bonchev–Trinajstić information content (AvgIpc) is 2.92. The first kappa shape index (κ1) is 17.9. The van der Waals surface area contributed by atoms with E-state index in [1.807, 2.05) is 27.7 Å². The minimum atomic E-state index is -0.413. The molecule has 6 nitrogen and oxygen atoms in total. The molecule has 2 heterocycles. The van der Waals surface area contributed by atoms with Crippen LogP contribution in [0.1, 0.15) is 71.6 Å². The second kappa shape index (κ2) is 7.90. The highest BCUT2D eigenvalue weighted by atomic mass is 16.6. The maximum atomic E-state index is 11.9. The third-order valence-corrected chi connectivity index (χ3v) is 4.00. The maximum Gasteiger partial charge on any atom is 0.306 e. The van der Waals surface area contributed by atoms with Crippen LogP contribution in [0.25, 0.3) is 0 Å². The van der Waals surface area contributed by atoms with Crippen LogP contribution in [0.4, 0.5) is 0 Å². The van der Waals surface area contributed by atoms with E-state index in [4.69, 9.17) is 9.15 Å². The summed E-state index contributed by atoms with van der Waals surface area (Å²) in [6.07, 6.45) is 5.54. The molecule has 1 fully saturated rings. The van der Waals surface area contributed by atoms with Crippen LogP contribution in [0.3, 0.4) is 0 Å². The number of likely N-dealkylation sites (tertiary alicyclic amines) is 1. The van der Waals surface area contributed by atoms with Crippen molar-refractivity contribution in [3.05, 3.63) is 11.8 Å². The van der Waals surface area contributed by atoms with Crippen molar-refractivity contribution >= 4 is 5.97 Å². The average molecular weight is 323 g/mol. The van der Waals surface area contributed by atoms with E-state index < -0.39 is 5.60 Å². The number of aryl methyl sites for hydroxylation is 1. The van der Waals surface area contributed by atoms with Crippen LogP contribution in [0.5, 0.6) is 0 Å². The molecule has 0 unspecified atom stereocenters. The van der Waals surface area contributed by atoms with Gasteiger partial charge in [-0.3, -0.25) is 9.69 Å². The first-order valence-corrected chi connectivity index (χ1v) is 8.64. The van der Waals surface area contributed by atoms with Crippen LogP contribution in [0, 0.1) is 0 Å². The van der Waals surface area contributed by atoms with Crippen LogP contribution in [0.15, 0.2) is 4.42 Å². The van der Waals surface area contributed by atoms with Crippen LogP contribution < -0.4 is 0 Å². The summed E-state index contributed by atoms with van der Waals surface area (Å²) in [5.41, 5.74) is -0.413. The molecule has 1 saturated heterocycles. The van der Waals surface area contributed by atoms with E-state index in [1.165, 1.54) is 12.8 Å². The summed E-state index contributed by atoms with van der Waals surface area (Å²) in [5.74, 6) is 1.24. The summed E-state index contributed by atoms with van der Waals surface area (Å²) < 4.78 is 11.0. The molecule has 1 atom stereocenters. The fourth-order valence-electron chi connectivity index (χ4n) is 2.94. The number of hydrogen-bond acceptors (Lipinski definition) is 6. The topological polar surface area (TPSA) is 68.5 Å². The van der Waals surface area contributed by atoms with E-state index in [1.54, 1.807) is 0 Å². The summed E-state index contributed by atoms with van der Waals surface area (Å²) in [5, 5.41) is 8.13. The summed E-state index contributed by atoms with van der Waals surface area (Å²) in [6.45, 7) is 9.40. The van der Waals surface area contributed by atoms with Gasteiger partial charge in [0.25, 0.3) is 0 Å². The lowest BCUT2D eigenvalue weighted by Gasteiger charge is -2.34. The number of nitrogens with zero attached hydrogens (tertiary/aromatic N) is 3. The standard InChI is InChI=1S/C17H29N3O3/c1-5-14-18-19-15(22-14)12-20-11-7-6-8-13(20)9-10-16(21)23-17(2,3)4/h13H,5-12H2,1-4H3/t13-/m1/s1. The predicted molar refractivity (Wildman–Crippen MR) is 86.8 cm³/mol. The van der Waals surface area contributed by atoms with Crippen LogP contribution in [0.2, 0.25) is 0 Å². The molecule has 0 aliphatic carbocycles. The van der Waals surface area contributed by atoms with Crippen molar-refractivity contribution in [3.63, 3.8) is 0 Å². The minimum absolute atomic E-state index is 0.117. The zero-order chi connectivity index (χ0) is 16.9. The number of hydrogen-bond donors (Lipinski definition) is 0. The van der Waals surface area contributed by atoms with Gasteiger partial charge in [-0.1, -0.05) is 13.3 Å². The van der Waals surface area contributed by atoms with Crippen molar-refractivity contribution in [2.24, 2.45) is 0 Å². The molecule has 1 aromatic rings. The molecule has 1 aliphatic heterocycles. The zero-order valence-electron chi connectivity index (χ0n) is 14.8. The Hall–Kier alpha value is -1.43. The van der Waals surface area contributed by atoms with Gasteiger partial charge in [0.05, 0.1) is 6.54 Å². The van der Waals surface area contributed by atoms with E-state index in [-0.39, 0.29) is 5.97 Å². The molecule has 1 aliphatic rings. The number of piperidine rings is 1. The number of carbonyl (C=O) groups excluding carboxylic acids is 1. The third kappa shape index (κ3) is 5.94. The van der Waals surface area contributed by atoms with Gasteiger partial charge in [0, 0.05) is 18.9 Å². The molecule has 0 saturated carbocycles. The Balaban J connectivity index is 1.86. The highest BCUT2D eigenvalue weighted by Gasteiger charge is 2.26. The quantitative estimate of drug-likeness (QED) is 0.749. The van der Waals surface area contributed by atoms with Gasteiger partial charge >= 0.3 is 5.97 Å². The Morgan fingerprint density at radius 3 is 2.70 bits per heavy atom. The van der Waals surface area contributed by atoms with E-state index in [2.05, 4.69) is 15.1 Å². The molecule has 0 amide bonds. The number of aromatic nitrogens is 2. The van der Waals surface area contributed by atoms with Crippen molar-refractivity contribution in [1.29, 1.82) is 0 Å². The molecule has 0 bridgehead atoms. The molecular weight excluding hydrogens is 294 g/mol. The molecule has 6 heteroatoms. The van der Waals surface area contributed by atoms with Gasteiger partial charge in [0.1, 0.15) is 5.60 Å². The van der Waals surface area contributed by atoms with Gasteiger partial charge in [-0.15, -0.1) is 10.2 Å². The predicted octanol–water partition coefficient (Wildman–Crippen LogP) is 3.11. The van der Waals surface area contributed by atoms with Crippen molar-refractivity contribution in [1.82, 2.24) is 15.1 Å². The molecule has 0 spiro atoms. The molecule has 1 aromatic heterocycles. The summed E-state index contributed by atoms with van der Waals surface area (Å²) in [6, 6.07) is 0.383. The maximum absolute atomic E-state index is 11.9. The van der Waals surface area contributed by atoms with E-state index in [0.717, 1.165) is 25.8 Å². The minimum Gasteiger partial charge on any atom is -0.460 e. The first-order chi connectivity index (χ1) is 10.9. The lowest BCUT2D eigenvalue weighted by molar-refractivity contribution is -0.155. The van der Waals surface area contributed by atoms with Gasteiger partial charge in [-0.2, -0.15) is 0 Å². The van der Waals surface area contributed by atoms with E-state index in [0.29, 0.717) is 30.8 Å². The summed E-state index contributed by atoms with van der Waals surface area (Å²) >= 11 is 0. The Morgan fingerprint density at radius 2 is 2.04 bits per heavy atom. The smallest absolute Gasteiger partial charge is 0.306 e. The second-order valence-electron chi connectivity index (χ2n) is 7.19. The Labute approximate surface area is 138 Å². The monoisotopic (exact) mass is 323 g/mol. The lowest BCUT2D eigenvalue weighted by Crippen LogP contribution is -2.39. The molecule has 0 radical (unpaired) electrons. The molecular formula is C17H29N3O3. The Kier molecular flexibility index (Phi) is 6.16. The van der Waals surface area contributed by atoms with Crippen LogP contribution >= 0.6 is 0 Å². The van der Waals surface area contributed by atoms with Gasteiger partial charge < -0.3 is 9.15 Å². The van der Waals surface area contributed by atoms with Gasteiger partial charge in [-0.25, -0.2) is 0 Å². The molecule has 0 aromatic carbocycles. The van der Waals surface area contributed by atoms with Gasteiger partial charge in [0.15, 0.2) is 0 Å². The third-order valence-electron chi connectivity index (χ3n) is 4.00. The van der Waals surface area contributed by atoms with Gasteiger partial charge in [-0.05, 0) is 46.6 Å². The number of ether oxygens (including phenoxy) is 1. The van der Waals surface area contributed by atoms with E-state index >= 15 is 0 Å². The van der Waals surface area contributed by atoms with E-state index in [9.17, 15) is 4.79 Å². The van der Waals surface area contributed by atoms with Crippen molar-refractivity contribution < 1.29 is 13.9 Å². The SMILES string of the molecule is CCc1nnc(CN2CCCC[C@@H]2CCC(=O)OC(C)(C)C)o1. The highest BCUT2D eigenvalue weighted by Crippen LogP contribution is 2.23. The highest BCUT2D eigenvalue weighted by molar-refractivity contribution is 5.69. The van der Waals surface area contributed by atoms with Crippen molar-refractivity contribution in [2.45, 2.75) is 84.4 Å². The normalized spacial score (nSPS) is 19.7. The molecule has 130 valence electrons. The largest absolute Gasteiger partial charge is 0.460 e. The van der Waals surface area contributed by atoms with Crippen molar-refractivity contribution in [2.75, 3.05) is 6.54 Å². The van der Waals surface area contributed by atoms with Crippen LogP contribution in [-0.4, -0.2) is 39.3 Å². The fourth-order valence-corrected chi connectivity index (χ4v) is 2.94. The van der Waals surface area contributed by atoms with Crippen molar-refractivity contribution in [3.8, 4) is 0 Å². The number of carbonyl (C=O) groups is 1. The van der Waals surface area contributed by atoms with Crippen LogP contribution in [-0.2, 0) is 22.5 Å². The number of rotatable bonds is 6. The molecule has 23 heavy (non-hydrogen) atoms. The van der Waals surface area contributed by atoms with Gasteiger partial charge in [0.2, 0.25) is 11.8 Å².